The lowest BCUT2D eigenvalue weighted by atomic mass is 9.98. The molecule has 0 heterocycles. The fraction of sp³-hybridized carbons (Fsp3) is 0.500. The lowest BCUT2D eigenvalue weighted by Gasteiger charge is -2.21. The predicted octanol–water partition coefficient (Wildman–Crippen LogP) is 0.926. The second-order valence-corrected chi connectivity index (χ2v) is 5.74. The highest BCUT2D eigenvalue weighted by atomic mass is 19.1. The summed E-state index contributed by atoms with van der Waals surface area (Å²) in [5, 5.41) is 2.73. The van der Waals surface area contributed by atoms with Crippen molar-refractivity contribution in [2.45, 2.75) is 26.3 Å². The van der Waals surface area contributed by atoms with E-state index in [1.807, 2.05) is 25.8 Å². The quantitative estimate of drug-likeness (QED) is 0.750. The average Bonchev–Trinajstić information content (AvgIpc) is 2.44. The molecule has 122 valence electrons. The zero-order valence-electron chi connectivity index (χ0n) is 13.3. The van der Waals surface area contributed by atoms with Gasteiger partial charge in [-0.25, -0.2) is 4.39 Å². The van der Waals surface area contributed by atoms with Crippen LogP contribution in [0.25, 0.3) is 0 Å². The van der Waals surface area contributed by atoms with E-state index in [0.717, 1.165) is 5.56 Å². The third-order valence-corrected chi connectivity index (χ3v) is 3.62. The summed E-state index contributed by atoms with van der Waals surface area (Å²) >= 11 is 0. The number of benzene rings is 1. The first kappa shape index (κ1) is 18.1. The molecular formula is C16H24FN3O2. The third-order valence-electron chi connectivity index (χ3n) is 3.62. The summed E-state index contributed by atoms with van der Waals surface area (Å²) in [5.41, 5.74) is 6.18. The van der Waals surface area contributed by atoms with Crippen molar-refractivity contribution < 1.29 is 14.0 Å². The van der Waals surface area contributed by atoms with Gasteiger partial charge >= 0.3 is 0 Å². The topological polar surface area (TPSA) is 75.4 Å². The van der Waals surface area contributed by atoms with E-state index in [2.05, 4.69) is 5.32 Å². The molecule has 22 heavy (non-hydrogen) atoms. The number of carbonyl (C=O) groups excluding carboxylic acids is 2. The van der Waals surface area contributed by atoms with Crippen LogP contribution in [0.15, 0.2) is 24.3 Å². The Morgan fingerprint density at radius 3 is 2.36 bits per heavy atom. The number of likely N-dealkylation sites (N-methyl/N-ethyl adjacent to an activating group) is 1. The van der Waals surface area contributed by atoms with Gasteiger partial charge in [-0.05, 0) is 45.0 Å². The van der Waals surface area contributed by atoms with Gasteiger partial charge in [0.15, 0.2) is 0 Å². The Labute approximate surface area is 130 Å². The molecule has 0 radical (unpaired) electrons. The highest BCUT2D eigenvalue weighted by Crippen LogP contribution is 2.09. The van der Waals surface area contributed by atoms with Gasteiger partial charge < -0.3 is 11.1 Å². The summed E-state index contributed by atoms with van der Waals surface area (Å²) in [5.74, 6) is -1.48. The molecule has 0 fully saturated rings. The van der Waals surface area contributed by atoms with Crippen LogP contribution >= 0.6 is 0 Å². The number of nitrogens with one attached hydrogen (secondary N) is 1. The fourth-order valence-electron chi connectivity index (χ4n) is 1.88. The van der Waals surface area contributed by atoms with E-state index < -0.39 is 11.8 Å². The Morgan fingerprint density at radius 2 is 1.86 bits per heavy atom. The van der Waals surface area contributed by atoms with Gasteiger partial charge in [0.2, 0.25) is 11.8 Å². The van der Waals surface area contributed by atoms with E-state index in [0.29, 0.717) is 6.42 Å². The van der Waals surface area contributed by atoms with Crippen LogP contribution in [0, 0.1) is 11.7 Å². The van der Waals surface area contributed by atoms with Crippen molar-refractivity contribution >= 4 is 11.8 Å². The molecule has 1 aromatic rings. The molecule has 0 saturated heterocycles. The van der Waals surface area contributed by atoms with Crippen LogP contribution in [-0.2, 0) is 16.0 Å². The van der Waals surface area contributed by atoms with Gasteiger partial charge in [-0.1, -0.05) is 12.1 Å². The third kappa shape index (κ3) is 6.22. The maximum atomic E-state index is 12.9. The Morgan fingerprint density at radius 1 is 1.27 bits per heavy atom. The molecule has 0 aliphatic rings. The van der Waals surface area contributed by atoms with Gasteiger partial charge in [-0.15, -0.1) is 0 Å². The predicted molar refractivity (Wildman–Crippen MR) is 83.6 cm³/mol. The van der Waals surface area contributed by atoms with Gasteiger partial charge in [0, 0.05) is 12.6 Å². The summed E-state index contributed by atoms with van der Waals surface area (Å²) < 4.78 is 12.9. The van der Waals surface area contributed by atoms with Crippen LogP contribution < -0.4 is 11.1 Å². The molecular weight excluding hydrogens is 285 g/mol. The fourth-order valence-corrected chi connectivity index (χ4v) is 1.88. The molecule has 0 spiro atoms. The van der Waals surface area contributed by atoms with E-state index >= 15 is 0 Å². The number of rotatable bonds is 8. The lowest BCUT2D eigenvalue weighted by Crippen LogP contribution is -2.42. The number of amides is 2. The number of hydrogen-bond donors (Lipinski definition) is 2. The van der Waals surface area contributed by atoms with Crippen molar-refractivity contribution in [2.75, 3.05) is 20.1 Å². The Balaban J connectivity index is 2.52. The lowest BCUT2D eigenvalue weighted by molar-refractivity contribution is -0.124. The second-order valence-electron chi connectivity index (χ2n) is 5.74. The first-order valence-electron chi connectivity index (χ1n) is 7.30. The molecule has 0 bridgehead atoms. The Hall–Kier alpha value is -1.95. The molecule has 5 nitrogen and oxygen atoms in total. The molecule has 1 rings (SSSR count). The van der Waals surface area contributed by atoms with Crippen molar-refractivity contribution in [2.24, 2.45) is 11.7 Å². The summed E-state index contributed by atoms with van der Waals surface area (Å²) in [7, 11) is 1.86. The van der Waals surface area contributed by atoms with E-state index in [9.17, 15) is 14.0 Å². The molecule has 0 aliphatic heterocycles. The number of hydrogen-bond acceptors (Lipinski definition) is 3. The number of nitrogens with zero attached hydrogens (tertiary/aromatic N) is 1. The molecule has 0 unspecified atom stereocenters. The molecule has 2 amide bonds. The minimum Gasteiger partial charge on any atom is -0.369 e. The highest BCUT2D eigenvalue weighted by Gasteiger charge is 2.18. The van der Waals surface area contributed by atoms with Crippen LogP contribution in [0.2, 0.25) is 0 Å². The van der Waals surface area contributed by atoms with Crippen molar-refractivity contribution in [3.8, 4) is 0 Å². The second kappa shape index (κ2) is 8.48. The van der Waals surface area contributed by atoms with E-state index in [-0.39, 0.29) is 30.9 Å². The molecule has 0 aliphatic carbocycles. The van der Waals surface area contributed by atoms with E-state index in [1.54, 1.807) is 12.1 Å². The van der Waals surface area contributed by atoms with Crippen LogP contribution in [0.1, 0.15) is 19.4 Å². The van der Waals surface area contributed by atoms with Gasteiger partial charge in [-0.2, -0.15) is 0 Å². The van der Waals surface area contributed by atoms with Crippen LogP contribution in [0.5, 0.6) is 0 Å². The summed E-state index contributed by atoms with van der Waals surface area (Å²) in [4.78, 5) is 25.2. The van der Waals surface area contributed by atoms with Crippen LogP contribution in [-0.4, -0.2) is 42.9 Å². The highest BCUT2D eigenvalue weighted by molar-refractivity contribution is 5.80. The van der Waals surface area contributed by atoms with Crippen molar-refractivity contribution in [3.63, 3.8) is 0 Å². The summed E-state index contributed by atoms with van der Waals surface area (Å²) in [6.45, 7) is 4.43. The summed E-state index contributed by atoms with van der Waals surface area (Å²) in [6.07, 6.45) is 0.371. The van der Waals surface area contributed by atoms with Crippen molar-refractivity contribution in [1.29, 1.82) is 0 Å². The zero-order chi connectivity index (χ0) is 16.7. The molecule has 0 aromatic heterocycles. The van der Waals surface area contributed by atoms with Crippen molar-refractivity contribution in [1.82, 2.24) is 10.2 Å². The van der Waals surface area contributed by atoms with Crippen LogP contribution in [0.4, 0.5) is 4.39 Å². The number of carbonyl (C=O) groups is 2. The normalized spacial score (nSPS) is 12.5. The molecule has 6 heteroatoms. The van der Waals surface area contributed by atoms with Crippen LogP contribution in [0.3, 0.4) is 0 Å². The molecule has 1 aromatic carbocycles. The maximum Gasteiger partial charge on any atom is 0.234 e. The Bertz CT molecular complexity index is 503. The van der Waals surface area contributed by atoms with Gasteiger partial charge in [0.05, 0.1) is 12.5 Å². The average molecular weight is 309 g/mol. The maximum absolute atomic E-state index is 12.9. The van der Waals surface area contributed by atoms with E-state index in [4.69, 9.17) is 5.73 Å². The monoisotopic (exact) mass is 309 g/mol. The minimum absolute atomic E-state index is 0.151. The van der Waals surface area contributed by atoms with E-state index in [1.165, 1.54) is 12.1 Å². The largest absolute Gasteiger partial charge is 0.369 e. The number of halogens is 1. The number of primary amides is 1. The number of nitrogens with two attached hydrogens (primary N) is 1. The molecule has 0 saturated carbocycles. The minimum atomic E-state index is -0.515. The first-order valence-corrected chi connectivity index (χ1v) is 7.30. The zero-order valence-corrected chi connectivity index (χ0v) is 13.3. The summed E-state index contributed by atoms with van der Waals surface area (Å²) in [6, 6.07) is 6.16. The first-order chi connectivity index (χ1) is 10.3. The van der Waals surface area contributed by atoms with Gasteiger partial charge in [0.1, 0.15) is 5.82 Å². The van der Waals surface area contributed by atoms with Crippen molar-refractivity contribution in [3.05, 3.63) is 35.6 Å². The smallest absolute Gasteiger partial charge is 0.234 e. The molecule has 1 atom stereocenters. The SMILES string of the molecule is CC(C)N(C)CC(=O)NC[C@@H](Cc1ccc(F)cc1)C(N)=O. The molecule has 3 N–H and O–H groups in total. The van der Waals surface area contributed by atoms with Gasteiger partial charge in [-0.3, -0.25) is 14.5 Å². The Kier molecular flexibility index (Phi) is 6.98. The standard InChI is InChI=1S/C16H24FN3O2/c1-11(2)20(3)10-15(21)19-9-13(16(18)22)8-12-4-6-14(17)7-5-12/h4-7,11,13H,8-10H2,1-3H3,(H2,18,22)(H,19,21)/t13-/m1/s1. The van der Waals surface area contributed by atoms with Gasteiger partial charge in [0.25, 0.3) is 0 Å².